The van der Waals surface area contributed by atoms with Crippen molar-refractivity contribution in [3.8, 4) is 0 Å². The fourth-order valence-corrected chi connectivity index (χ4v) is 3.46. The molecule has 0 saturated heterocycles. The van der Waals surface area contributed by atoms with Crippen LogP contribution >= 0.6 is 0 Å². The van der Waals surface area contributed by atoms with Gasteiger partial charge in [-0.2, -0.15) is 5.48 Å². The van der Waals surface area contributed by atoms with Crippen LogP contribution in [0.5, 0.6) is 0 Å². The van der Waals surface area contributed by atoms with Crippen molar-refractivity contribution in [2.45, 2.75) is 64.2 Å². The van der Waals surface area contributed by atoms with Crippen LogP contribution in [0.2, 0.25) is 0 Å². The van der Waals surface area contributed by atoms with E-state index in [-0.39, 0.29) is 23.0 Å². The molecule has 6 atom stereocenters. The number of nitrogens with two attached hydrogens (primary N) is 1. The standard InChI is InChI=1S/C30H40N2O10/c1-18(2)22(15-33)32-42-24(17-40-29(37)21-13-9-6-10-14-21)27(35)26(34)23(41-30(38)25(31)19(3)4)16-39-28(36)20-11-7-5-8-12-20/h5-15,18-19,22-27,32,34-35H,16-17,31H2,1-4H3. The van der Waals surface area contributed by atoms with Gasteiger partial charge in [0, 0.05) is 0 Å². The number of esters is 3. The summed E-state index contributed by atoms with van der Waals surface area (Å²) in [6.45, 7) is 5.67. The minimum absolute atomic E-state index is 0.208. The van der Waals surface area contributed by atoms with Crippen LogP contribution in [0, 0.1) is 11.8 Å². The van der Waals surface area contributed by atoms with E-state index in [9.17, 15) is 29.4 Å². The molecule has 0 heterocycles. The molecule has 2 aromatic rings. The van der Waals surface area contributed by atoms with Gasteiger partial charge in [0.15, 0.2) is 6.10 Å². The second kappa shape index (κ2) is 17.3. The minimum Gasteiger partial charge on any atom is -0.459 e. The smallest absolute Gasteiger partial charge is 0.338 e. The Bertz CT molecular complexity index is 1130. The molecule has 0 bridgehead atoms. The molecule has 12 heteroatoms. The lowest BCUT2D eigenvalue weighted by Gasteiger charge is -2.32. The molecule has 2 rings (SSSR count). The summed E-state index contributed by atoms with van der Waals surface area (Å²) < 4.78 is 15.9. The topological polar surface area (TPSA) is 184 Å². The molecule has 42 heavy (non-hydrogen) atoms. The summed E-state index contributed by atoms with van der Waals surface area (Å²) in [7, 11) is 0. The molecule has 0 aliphatic rings. The molecule has 6 unspecified atom stereocenters. The second-order valence-electron chi connectivity index (χ2n) is 10.3. The molecule has 12 nitrogen and oxygen atoms in total. The Labute approximate surface area is 245 Å². The zero-order chi connectivity index (χ0) is 31.2. The van der Waals surface area contributed by atoms with E-state index in [1.54, 1.807) is 64.1 Å². The van der Waals surface area contributed by atoms with Gasteiger partial charge in [-0.15, -0.1) is 0 Å². The molecule has 5 N–H and O–H groups in total. The maximum Gasteiger partial charge on any atom is 0.338 e. The third kappa shape index (κ3) is 10.6. The van der Waals surface area contributed by atoms with E-state index < -0.39 is 67.6 Å². The number of hydrogen-bond acceptors (Lipinski definition) is 12. The maximum absolute atomic E-state index is 12.7. The summed E-state index contributed by atoms with van der Waals surface area (Å²) in [6, 6.07) is 14.2. The molecule has 0 amide bonds. The number of aliphatic hydroxyl groups excluding tert-OH is 2. The van der Waals surface area contributed by atoms with Gasteiger partial charge in [0.25, 0.3) is 0 Å². The molecule has 230 valence electrons. The average Bonchev–Trinajstić information content (AvgIpc) is 2.99. The number of hydrogen-bond donors (Lipinski definition) is 4. The molecule has 0 saturated carbocycles. The monoisotopic (exact) mass is 588 g/mol. The summed E-state index contributed by atoms with van der Waals surface area (Å²) in [5.74, 6) is -2.92. The molecule has 0 aliphatic carbocycles. The number of benzene rings is 2. The van der Waals surface area contributed by atoms with Gasteiger partial charge in [0.05, 0.1) is 17.2 Å². The molecule has 0 aliphatic heterocycles. The van der Waals surface area contributed by atoms with Crippen molar-refractivity contribution >= 4 is 24.2 Å². The van der Waals surface area contributed by atoms with Gasteiger partial charge in [-0.3, -0.25) is 9.63 Å². The van der Waals surface area contributed by atoms with Gasteiger partial charge in [0.1, 0.15) is 43.9 Å². The van der Waals surface area contributed by atoms with E-state index >= 15 is 0 Å². The van der Waals surface area contributed by atoms with E-state index in [0.717, 1.165) is 0 Å². The number of aldehydes is 1. The van der Waals surface area contributed by atoms with E-state index in [1.165, 1.54) is 24.3 Å². The van der Waals surface area contributed by atoms with Crippen molar-refractivity contribution < 1.29 is 48.4 Å². The van der Waals surface area contributed by atoms with Crippen molar-refractivity contribution in [1.29, 1.82) is 0 Å². The summed E-state index contributed by atoms with van der Waals surface area (Å²) in [5.41, 5.74) is 8.85. The fraction of sp³-hybridized carbons (Fsp3) is 0.467. The van der Waals surface area contributed by atoms with E-state index in [1.807, 2.05) is 0 Å². The first-order chi connectivity index (χ1) is 20.0. The predicted octanol–water partition coefficient (Wildman–Crippen LogP) is 1.43. The van der Waals surface area contributed by atoms with Gasteiger partial charge >= 0.3 is 17.9 Å². The van der Waals surface area contributed by atoms with E-state index in [2.05, 4.69) is 5.48 Å². The van der Waals surface area contributed by atoms with Crippen molar-refractivity contribution in [2.24, 2.45) is 17.6 Å². The Morgan fingerprint density at radius 3 is 1.67 bits per heavy atom. The molecule has 0 radical (unpaired) electrons. The van der Waals surface area contributed by atoms with Gasteiger partial charge in [0.2, 0.25) is 0 Å². The first-order valence-corrected chi connectivity index (χ1v) is 13.6. The van der Waals surface area contributed by atoms with Crippen LogP contribution in [0.4, 0.5) is 0 Å². The zero-order valence-electron chi connectivity index (χ0n) is 24.1. The van der Waals surface area contributed by atoms with Crippen LogP contribution in [0.15, 0.2) is 60.7 Å². The van der Waals surface area contributed by atoms with Gasteiger partial charge in [-0.1, -0.05) is 64.1 Å². The predicted molar refractivity (Wildman–Crippen MR) is 151 cm³/mol. The largest absolute Gasteiger partial charge is 0.459 e. The summed E-state index contributed by atoms with van der Waals surface area (Å²) >= 11 is 0. The molecule has 0 spiro atoms. The minimum atomic E-state index is -1.91. The van der Waals surface area contributed by atoms with Crippen molar-refractivity contribution in [3.63, 3.8) is 0 Å². The van der Waals surface area contributed by atoms with Crippen LogP contribution in [-0.2, 0) is 28.6 Å². The Hall–Kier alpha value is -3.68. The average molecular weight is 589 g/mol. The Morgan fingerprint density at radius 2 is 1.24 bits per heavy atom. The number of ether oxygens (including phenoxy) is 3. The van der Waals surface area contributed by atoms with Gasteiger partial charge in [-0.25, -0.2) is 9.59 Å². The first-order valence-electron chi connectivity index (χ1n) is 13.6. The van der Waals surface area contributed by atoms with Crippen molar-refractivity contribution in [2.75, 3.05) is 13.2 Å². The van der Waals surface area contributed by atoms with Crippen LogP contribution < -0.4 is 11.2 Å². The van der Waals surface area contributed by atoms with Crippen molar-refractivity contribution in [1.82, 2.24) is 5.48 Å². The van der Waals surface area contributed by atoms with E-state index in [4.69, 9.17) is 24.8 Å². The maximum atomic E-state index is 12.7. The number of carbonyl (C=O) groups excluding carboxylic acids is 4. The third-order valence-corrected chi connectivity index (χ3v) is 6.37. The summed E-state index contributed by atoms with van der Waals surface area (Å²) in [5, 5.41) is 22.3. The molecule has 2 aromatic carbocycles. The molecule has 0 aromatic heterocycles. The first kappa shape index (κ1) is 34.5. The normalized spacial score (nSPS) is 15.6. The van der Waals surface area contributed by atoms with Crippen LogP contribution in [0.1, 0.15) is 48.4 Å². The number of rotatable bonds is 17. The number of aliphatic hydroxyl groups is 2. The Morgan fingerprint density at radius 1 is 0.786 bits per heavy atom. The highest BCUT2D eigenvalue weighted by Gasteiger charge is 2.38. The van der Waals surface area contributed by atoms with Gasteiger partial charge in [-0.05, 0) is 36.1 Å². The summed E-state index contributed by atoms with van der Waals surface area (Å²) in [6.07, 6.45) is -6.23. The Balaban J connectivity index is 2.26. The van der Waals surface area contributed by atoms with Crippen LogP contribution in [-0.4, -0.2) is 84.1 Å². The van der Waals surface area contributed by atoms with Crippen LogP contribution in [0.25, 0.3) is 0 Å². The quantitative estimate of drug-likeness (QED) is 0.0904. The molecule has 0 fully saturated rings. The van der Waals surface area contributed by atoms with Gasteiger partial charge < -0.3 is 35.0 Å². The lowest BCUT2D eigenvalue weighted by atomic mass is 10.0. The number of carbonyl (C=O) groups is 4. The Kier molecular flexibility index (Phi) is 14.2. The fourth-order valence-electron chi connectivity index (χ4n) is 3.46. The van der Waals surface area contributed by atoms with Crippen molar-refractivity contribution in [3.05, 3.63) is 71.8 Å². The number of hydroxylamine groups is 1. The highest BCUT2D eigenvalue weighted by Crippen LogP contribution is 2.16. The van der Waals surface area contributed by atoms with E-state index in [0.29, 0.717) is 6.29 Å². The lowest BCUT2D eigenvalue weighted by Crippen LogP contribution is -2.53. The van der Waals surface area contributed by atoms with Crippen LogP contribution in [0.3, 0.4) is 0 Å². The second-order valence-corrected chi connectivity index (χ2v) is 10.3. The highest BCUT2D eigenvalue weighted by atomic mass is 16.7. The molecular weight excluding hydrogens is 548 g/mol. The SMILES string of the molecule is CC(C)C(C=O)NOC(COC(=O)c1ccccc1)C(O)C(O)C(COC(=O)c1ccccc1)OC(=O)C(N)C(C)C. The zero-order valence-corrected chi connectivity index (χ0v) is 24.1. The highest BCUT2D eigenvalue weighted by molar-refractivity contribution is 5.89. The molecular formula is C30H40N2O10. The summed E-state index contributed by atoms with van der Waals surface area (Å²) in [4.78, 5) is 54.7. The number of nitrogens with one attached hydrogen (secondary N) is 1. The lowest BCUT2D eigenvalue weighted by molar-refractivity contribution is -0.187. The third-order valence-electron chi connectivity index (χ3n) is 6.37.